The summed E-state index contributed by atoms with van der Waals surface area (Å²) in [6.45, 7) is 5.66. The number of nitrogens with zero attached hydrogens (tertiary/aromatic N) is 3. The van der Waals surface area contributed by atoms with Crippen molar-refractivity contribution in [2.75, 3.05) is 30.6 Å². The van der Waals surface area contributed by atoms with Gasteiger partial charge in [-0.25, -0.2) is 4.68 Å². The molecule has 2 amide bonds. The first-order chi connectivity index (χ1) is 15.2. The number of rotatable bonds is 7. The van der Waals surface area contributed by atoms with Crippen LogP contribution in [0.25, 0.3) is 0 Å². The molecule has 3 aromatic rings. The number of nitrogens with one attached hydrogen (secondary N) is 2. The molecule has 0 bridgehead atoms. The van der Waals surface area contributed by atoms with Crippen molar-refractivity contribution in [3.05, 3.63) is 52.7 Å². The molecule has 1 aromatic heterocycles. The van der Waals surface area contributed by atoms with Crippen molar-refractivity contribution in [3.63, 3.8) is 0 Å². The predicted molar refractivity (Wildman–Crippen MR) is 121 cm³/mol. The van der Waals surface area contributed by atoms with Crippen LogP contribution in [0.15, 0.2) is 30.3 Å². The number of hydrogen-bond acceptors (Lipinski definition) is 7. The van der Waals surface area contributed by atoms with Gasteiger partial charge in [-0.2, -0.15) is 0 Å². The van der Waals surface area contributed by atoms with Gasteiger partial charge in [-0.05, 0) is 31.9 Å². The lowest BCUT2D eigenvalue weighted by Crippen LogP contribution is -2.22. The third-order valence-electron chi connectivity index (χ3n) is 4.83. The molecule has 0 atom stereocenters. The van der Waals surface area contributed by atoms with E-state index < -0.39 is 5.91 Å². The lowest BCUT2D eigenvalue weighted by atomic mass is 10.1. The lowest BCUT2D eigenvalue weighted by molar-refractivity contribution is -0.116. The van der Waals surface area contributed by atoms with Crippen LogP contribution >= 0.6 is 0 Å². The fourth-order valence-electron chi connectivity index (χ4n) is 3.36. The Morgan fingerprint density at radius 1 is 0.969 bits per heavy atom. The monoisotopic (exact) mass is 438 g/mol. The first-order valence-electron chi connectivity index (χ1n) is 9.83. The molecule has 0 fully saturated rings. The zero-order valence-corrected chi connectivity index (χ0v) is 18.6. The number of nitrogens with two attached hydrogens (primary N) is 1. The van der Waals surface area contributed by atoms with Gasteiger partial charge in [-0.3, -0.25) is 9.59 Å². The van der Waals surface area contributed by atoms with E-state index in [-0.39, 0.29) is 24.0 Å². The second-order valence-electron chi connectivity index (χ2n) is 7.36. The molecule has 0 aliphatic heterocycles. The molecule has 2 aromatic carbocycles. The van der Waals surface area contributed by atoms with Crippen LogP contribution < -0.4 is 25.8 Å². The standard InChI is InChI=1S/C22H26N6O4/c1-12-6-13(2)19(14(3)7-12)25-18(29)11-28-21(23)20(26-27-28)22(30)24-15-8-16(31-4)10-17(9-15)32-5/h6-10H,11,23H2,1-5H3,(H,24,30)(H,25,29). The first kappa shape index (κ1) is 22.6. The number of benzene rings is 2. The van der Waals surface area contributed by atoms with E-state index in [4.69, 9.17) is 15.2 Å². The highest BCUT2D eigenvalue weighted by atomic mass is 16.5. The van der Waals surface area contributed by atoms with E-state index in [1.54, 1.807) is 18.2 Å². The molecule has 0 unspecified atom stereocenters. The van der Waals surface area contributed by atoms with E-state index in [9.17, 15) is 9.59 Å². The molecule has 0 saturated heterocycles. The van der Waals surface area contributed by atoms with E-state index in [1.165, 1.54) is 18.9 Å². The zero-order valence-electron chi connectivity index (χ0n) is 18.6. The van der Waals surface area contributed by atoms with Crippen LogP contribution in [-0.2, 0) is 11.3 Å². The van der Waals surface area contributed by atoms with E-state index >= 15 is 0 Å². The minimum absolute atomic E-state index is 0.0233. The van der Waals surface area contributed by atoms with Crippen LogP contribution in [0.2, 0.25) is 0 Å². The maximum atomic E-state index is 12.7. The first-order valence-corrected chi connectivity index (χ1v) is 9.83. The Morgan fingerprint density at radius 2 is 1.56 bits per heavy atom. The summed E-state index contributed by atoms with van der Waals surface area (Å²) in [5, 5.41) is 13.2. The summed E-state index contributed by atoms with van der Waals surface area (Å²) in [6, 6.07) is 8.91. The van der Waals surface area contributed by atoms with E-state index in [0.717, 1.165) is 22.4 Å². The number of ether oxygens (including phenoxy) is 2. The van der Waals surface area contributed by atoms with Gasteiger partial charge in [-0.15, -0.1) is 5.10 Å². The van der Waals surface area contributed by atoms with Crippen LogP contribution in [0.1, 0.15) is 27.2 Å². The Kier molecular flexibility index (Phi) is 6.62. The summed E-state index contributed by atoms with van der Waals surface area (Å²) >= 11 is 0. The maximum Gasteiger partial charge on any atom is 0.280 e. The summed E-state index contributed by atoms with van der Waals surface area (Å²) in [5.41, 5.74) is 10.1. The molecule has 10 heteroatoms. The molecule has 0 spiro atoms. The number of hydrogen-bond donors (Lipinski definition) is 3. The largest absolute Gasteiger partial charge is 0.497 e. The number of aromatic nitrogens is 3. The minimum Gasteiger partial charge on any atom is -0.497 e. The summed E-state index contributed by atoms with van der Waals surface area (Å²) < 4.78 is 11.6. The molecular formula is C22H26N6O4. The second kappa shape index (κ2) is 9.38. The van der Waals surface area contributed by atoms with Crippen molar-refractivity contribution in [2.45, 2.75) is 27.3 Å². The van der Waals surface area contributed by atoms with Gasteiger partial charge < -0.3 is 25.8 Å². The molecule has 4 N–H and O–H groups in total. The van der Waals surface area contributed by atoms with Crippen molar-refractivity contribution in [1.29, 1.82) is 0 Å². The van der Waals surface area contributed by atoms with Crippen molar-refractivity contribution in [2.24, 2.45) is 0 Å². The fourth-order valence-corrected chi connectivity index (χ4v) is 3.36. The molecule has 168 valence electrons. The molecule has 0 radical (unpaired) electrons. The number of amides is 2. The SMILES string of the molecule is COc1cc(NC(=O)c2nnn(CC(=O)Nc3c(C)cc(C)cc3C)c2N)cc(OC)c1. The van der Waals surface area contributed by atoms with Crippen molar-refractivity contribution in [1.82, 2.24) is 15.0 Å². The van der Waals surface area contributed by atoms with E-state index in [0.29, 0.717) is 17.2 Å². The van der Waals surface area contributed by atoms with Gasteiger partial charge >= 0.3 is 0 Å². The summed E-state index contributed by atoms with van der Waals surface area (Å²) in [5.74, 6) is 0.0879. The molecule has 1 heterocycles. The Hall–Kier alpha value is -4.08. The zero-order chi connectivity index (χ0) is 23.4. The van der Waals surface area contributed by atoms with Gasteiger partial charge in [0.15, 0.2) is 11.5 Å². The topological polar surface area (TPSA) is 133 Å². The van der Waals surface area contributed by atoms with Crippen molar-refractivity contribution < 1.29 is 19.1 Å². The molecular weight excluding hydrogens is 412 g/mol. The summed E-state index contributed by atoms with van der Waals surface area (Å²) in [7, 11) is 3.02. The van der Waals surface area contributed by atoms with Crippen LogP contribution in [-0.4, -0.2) is 41.0 Å². The molecule has 0 saturated carbocycles. The lowest BCUT2D eigenvalue weighted by Gasteiger charge is -2.13. The van der Waals surface area contributed by atoms with Gasteiger partial charge in [0, 0.05) is 29.6 Å². The average Bonchev–Trinajstić information content (AvgIpc) is 3.10. The van der Waals surface area contributed by atoms with Crippen LogP contribution in [0.5, 0.6) is 11.5 Å². The molecule has 0 aliphatic carbocycles. The third kappa shape index (κ3) is 4.97. The van der Waals surface area contributed by atoms with Crippen LogP contribution in [0.4, 0.5) is 17.2 Å². The Labute approximate surface area is 185 Å². The minimum atomic E-state index is -0.574. The molecule has 10 nitrogen and oxygen atoms in total. The highest BCUT2D eigenvalue weighted by Crippen LogP contribution is 2.26. The normalized spacial score (nSPS) is 10.5. The van der Waals surface area contributed by atoms with Gasteiger partial charge in [0.25, 0.3) is 5.91 Å². The molecule has 32 heavy (non-hydrogen) atoms. The number of carbonyl (C=O) groups is 2. The van der Waals surface area contributed by atoms with Crippen molar-refractivity contribution in [3.8, 4) is 11.5 Å². The maximum absolute atomic E-state index is 12.7. The summed E-state index contributed by atoms with van der Waals surface area (Å²) in [6.07, 6.45) is 0. The van der Waals surface area contributed by atoms with E-state index in [2.05, 4.69) is 20.9 Å². The molecule has 0 aliphatic rings. The van der Waals surface area contributed by atoms with Gasteiger partial charge in [0.1, 0.15) is 18.0 Å². The second-order valence-corrected chi connectivity index (χ2v) is 7.36. The number of nitrogen functional groups attached to an aromatic ring is 1. The number of aryl methyl sites for hydroxylation is 3. The van der Waals surface area contributed by atoms with E-state index in [1.807, 2.05) is 32.9 Å². The van der Waals surface area contributed by atoms with Crippen LogP contribution in [0.3, 0.4) is 0 Å². The number of anilines is 3. The highest BCUT2D eigenvalue weighted by molar-refractivity contribution is 6.06. The van der Waals surface area contributed by atoms with Crippen molar-refractivity contribution >= 4 is 29.0 Å². The Balaban J connectivity index is 1.72. The Bertz CT molecular complexity index is 1130. The number of methoxy groups -OCH3 is 2. The summed E-state index contributed by atoms with van der Waals surface area (Å²) in [4.78, 5) is 25.2. The van der Waals surface area contributed by atoms with Gasteiger partial charge in [0.05, 0.1) is 14.2 Å². The predicted octanol–water partition coefficient (Wildman–Crippen LogP) is 2.69. The highest BCUT2D eigenvalue weighted by Gasteiger charge is 2.20. The van der Waals surface area contributed by atoms with Gasteiger partial charge in [-0.1, -0.05) is 22.9 Å². The van der Waals surface area contributed by atoms with Crippen LogP contribution in [0, 0.1) is 20.8 Å². The Morgan fingerprint density at radius 3 is 2.12 bits per heavy atom. The van der Waals surface area contributed by atoms with Gasteiger partial charge in [0.2, 0.25) is 5.91 Å². The average molecular weight is 438 g/mol. The fraction of sp³-hybridized carbons (Fsp3) is 0.273. The number of carbonyl (C=O) groups excluding carboxylic acids is 2. The third-order valence-corrected chi connectivity index (χ3v) is 4.83. The quantitative estimate of drug-likeness (QED) is 0.516. The molecule has 3 rings (SSSR count). The smallest absolute Gasteiger partial charge is 0.280 e.